The predicted octanol–water partition coefficient (Wildman–Crippen LogP) is 2.91. The lowest BCUT2D eigenvalue weighted by atomic mass is 10.1. The number of nitrogens with zero attached hydrogens (tertiary/aromatic N) is 1. The number of rotatable bonds is 3. The summed E-state index contributed by atoms with van der Waals surface area (Å²) in [6.07, 6.45) is -4.04. The van der Waals surface area contributed by atoms with E-state index in [0.717, 1.165) is 5.43 Å². The first-order chi connectivity index (χ1) is 7.03. The van der Waals surface area contributed by atoms with Crippen molar-refractivity contribution in [3.8, 4) is 0 Å². The monoisotopic (exact) mass is 216 g/mol. The lowest BCUT2D eigenvalue weighted by Gasteiger charge is -2.07. The maximum absolute atomic E-state index is 11.8. The summed E-state index contributed by atoms with van der Waals surface area (Å²) < 4.78 is 35.5. The highest BCUT2D eigenvalue weighted by molar-refractivity contribution is 6.00. The van der Waals surface area contributed by atoms with Gasteiger partial charge in [0.2, 0.25) is 0 Å². The maximum atomic E-state index is 11.8. The van der Waals surface area contributed by atoms with Crippen LogP contribution in [0.1, 0.15) is 18.9 Å². The van der Waals surface area contributed by atoms with Crippen LogP contribution in [0, 0.1) is 0 Å². The van der Waals surface area contributed by atoms with Crippen molar-refractivity contribution < 1.29 is 13.2 Å². The highest BCUT2D eigenvalue weighted by Crippen LogP contribution is 2.10. The molecule has 0 saturated heterocycles. The number of nitrogens with one attached hydrogen (secondary N) is 1. The number of halogens is 3. The molecule has 0 heterocycles. The third-order valence-corrected chi connectivity index (χ3v) is 1.76. The van der Waals surface area contributed by atoms with Gasteiger partial charge >= 0.3 is 6.30 Å². The zero-order valence-electron chi connectivity index (χ0n) is 8.17. The van der Waals surface area contributed by atoms with Crippen LogP contribution in [-0.2, 0) is 0 Å². The van der Waals surface area contributed by atoms with E-state index in [1.807, 2.05) is 0 Å². The lowest BCUT2D eigenvalue weighted by molar-refractivity contribution is -0.156. The summed E-state index contributed by atoms with van der Waals surface area (Å²) in [6.45, 7) is 1.75. The normalized spacial score (nSPS) is 12.7. The van der Waals surface area contributed by atoms with Gasteiger partial charge in [-0.1, -0.05) is 37.3 Å². The Bertz CT molecular complexity index is 330. The summed E-state index contributed by atoms with van der Waals surface area (Å²) in [5.74, 6) is 0. The topological polar surface area (TPSA) is 24.4 Å². The Morgan fingerprint density at radius 2 is 1.87 bits per heavy atom. The molecule has 0 amide bonds. The van der Waals surface area contributed by atoms with Gasteiger partial charge in [0.25, 0.3) is 0 Å². The van der Waals surface area contributed by atoms with Crippen LogP contribution in [0.5, 0.6) is 0 Å². The Kier molecular flexibility index (Phi) is 3.71. The van der Waals surface area contributed by atoms with Gasteiger partial charge in [0, 0.05) is 0 Å². The molecule has 0 atom stereocenters. The summed E-state index contributed by atoms with van der Waals surface area (Å²) in [7, 11) is 0. The highest BCUT2D eigenvalue weighted by Gasteiger charge is 2.26. The van der Waals surface area contributed by atoms with E-state index in [2.05, 4.69) is 5.10 Å². The van der Waals surface area contributed by atoms with E-state index in [1.54, 1.807) is 37.3 Å². The van der Waals surface area contributed by atoms with Crippen LogP contribution >= 0.6 is 0 Å². The molecule has 1 N–H and O–H groups in total. The number of alkyl halides is 3. The number of hydrogen-bond donors (Lipinski definition) is 1. The SMILES string of the molecule is CC/C(=N\NC(F)(F)F)c1ccccc1. The molecular weight excluding hydrogens is 205 g/mol. The second kappa shape index (κ2) is 4.82. The number of benzene rings is 1. The quantitative estimate of drug-likeness (QED) is 0.469. The second-order valence-corrected chi connectivity index (χ2v) is 2.89. The summed E-state index contributed by atoms with van der Waals surface area (Å²) in [6, 6.07) is 8.76. The lowest BCUT2D eigenvalue weighted by Crippen LogP contribution is -2.27. The van der Waals surface area contributed by atoms with E-state index in [9.17, 15) is 13.2 Å². The molecule has 0 aliphatic carbocycles. The molecule has 5 heteroatoms. The summed E-state index contributed by atoms with van der Waals surface area (Å²) in [5, 5.41) is 3.33. The molecule has 0 unspecified atom stereocenters. The molecule has 1 aromatic carbocycles. The third-order valence-electron chi connectivity index (χ3n) is 1.76. The highest BCUT2D eigenvalue weighted by atomic mass is 19.4. The molecule has 0 bridgehead atoms. The fraction of sp³-hybridized carbons (Fsp3) is 0.300. The van der Waals surface area contributed by atoms with Crippen molar-refractivity contribution in [1.29, 1.82) is 0 Å². The van der Waals surface area contributed by atoms with Crippen LogP contribution in [0.2, 0.25) is 0 Å². The molecule has 0 aliphatic heterocycles. The minimum atomic E-state index is -4.48. The van der Waals surface area contributed by atoms with Crippen LogP contribution in [0.25, 0.3) is 0 Å². The predicted molar refractivity (Wildman–Crippen MR) is 52.5 cm³/mol. The Morgan fingerprint density at radius 1 is 1.27 bits per heavy atom. The van der Waals surface area contributed by atoms with Gasteiger partial charge < -0.3 is 0 Å². The van der Waals surface area contributed by atoms with Gasteiger partial charge in [-0.05, 0) is 12.0 Å². The molecule has 0 fully saturated rings. The fourth-order valence-corrected chi connectivity index (χ4v) is 1.11. The first kappa shape index (κ1) is 11.6. The smallest absolute Gasteiger partial charge is 0.218 e. The van der Waals surface area contributed by atoms with E-state index >= 15 is 0 Å². The fourth-order valence-electron chi connectivity index (χ4n) is 1.11. The number of hydrogen-bond acceptors (Lipinski definition) is 2. The van der Waals surface area contributed by atoms with Crippen LogP contribution in [0.4, 0.5) is 13.2 Å². The molecular formula is C10H11F3N2. The number of hydrazone groups is 1. The van der Waals surface area contributed by atoms with E-state index < -0.39 is 6.30 Å². The molecule has 0 spiro atoms. The van der Waals surface area contributed by atoms with E-state index in [1.165, 1.54) is 0 Å². The van der Waals surface area contributed by atoms with Crippen molar-refractivity contribution in [2.45, 2.75) is 19.6 Å². The average molecular weight is 216 g/mol. The van der Waals surface area contributed by atoms with Gasteiger partial charge in [-0.3, -0.25) is 0 Å². The Hall–Kier alpha value is -1.52. The molecule has 15 heavy (non-hydrogen) atoms. The van der Waals surface area contributed by atoms with Crippen molar-refractivity contribution >= 4 is 5.71 Å². The van der Waals surface area contributed by atoms with Crippen molar-refractivity contribution in [2.24, 2.45) is 5.10 Å². The van der Waals surface area contributed by atoms with Gasteiger partial charge in [0.15, 0.2) is 0 Å². The summed E-state index contributed by atoms with van der Waals surface area (Å²) in [4.78, 5) is 0. The average Bonchev–Trinajstić information content (AvgIpc) is 2.19. The minimum absolute atomic E-state index is 0.382. The molecule has 0 radical (unpaired) electrons. The molecule has 0 saturated carbocycles. The maximum Gasteiger partial charge on any atom is 0.497 e. The van der Waals surface area contributed by atoms with Crippen molar-refractivity contribution in [1.82, 2.24) is 5.43 Å². The van der Waals surface area contributed by atoms with Gasteiger partial charge in [-0.25, -0.2) is 5.43 Å². The molecule has 0 aromatic heterocycles. The zero-order chi connectivity index (χ0) is 11.3. The van der Waals surface area contributed by atoms with Gasteiger partial charge in [-0.15, -0.1) is 13.2 Å². The zero-order valence-corrected chi connectivity index (χ0v) is 8.17. The molecule has 2 nitrogen and oxygen atoms in total. The summed E-state index contributed by atoms with van der Waals surface area (Å²) >= 11 is 0. The largest absolute Gasteiger partial charge is 0.497 e. The Morgan fingerprint density at radius 3 is 2.33 bits per heavy atom. The first-order valence-corrected chi connectivity index (χ1v) is 4.49. The van der Waals surface area contributed by atoms with E-state index in [4.69, 9.17) is 0 Å². The van der Waals surface area contributed by atoms with Crippen LogP contribution in [0.15, 0.2) is 35.4 Å². The van der Waals surface area contributed by atoms with Gasteiger partial charge in [0.1, 0.15) is 0 Å². The van der Waals surface area contributed by atoms with E-state index in [0.29, 0.717) is 17.7 Å². The van der Waals surface area contributed by atoms with Gasteiger partial charge in [-0.2, -0.15) is 5.10 Å². The molecule has 1 aromatic rings. The summed E-state index contributed by atoms with van der Waals surface area (Å²) in [5.41, 5.74) is 2.23. The minimum Gasteiger partial charge on any atom is -0.218 e. The molecule has 0 aliphatic rings. The van der Waals surface area contributed by atoms with Crippen LogP contribution in [-0.4, -0.2) is 12.0 Å². The molecule has 82 valence electrons. The van der Waals surface area contributed by atoms with E-state index in [-0.39, 0.29) is 0 Å². The van der Waals surface area contributed by atoms with Crippen LogP contribution < -0.4 is 5.43 Å². The van der Waals surface area contributed by atoms with Crippen molar-refractivity contribution in [3.05, 3.63) is 35.9 Å². The van der Waals surface area contributed by atoms with Crippen molar-refractivity contribution in [3.63, 3.8) is 0 Å². The Balaban J connectivity index is 2.81. The Labute approximate surface area is 85.8 Å². The van der Waals surface area contributed by atoms with Crippen LogP contribution in [0.3, 0.4) is 0 Å². The van der Waals surface area contributed by atoms with Gasteiger partial charge in [0.05, 0.1) is 5.71 Å². The first-order valence-electron chi connectivity index (χ1n) is 4.49. The van der Waals surface area contributed by atoms with Crippen molar-refractivity contribution in [2.75, 3.05) is 0 Å². The molecule has 1 rings (SSSR count). The standard InChI is InChI=1S/C10H11F3N2/c1-2-9(14-15-10(11,12)13)8-6-4-3-5-7-8/h3-7,15H,2H2,1H3/b14-9+. The second-order valence-electron chi connectivity index (χ2n) is 2.89. The third kappa shape index (κ3) is 4.01.